The van der Waals surface area contributed by atoms with Gasteiger partial charge in [-0.1, -0.05) is 6.07 Å². The lowest BCUT2D eigenvalue weighted by Crippen LogP contribution is -2.38. The zero-order valence-corrected chi connectivity index (χ0v) is 19.6. The molecule has 36 heavy (non-hydrogen) atoms. The molecule has 1 amide bonds. The Balaban J connectivity index is 1.64. The number of anilines is 2. The van der Waals surface area contributed by atoms with Crippen LogP contribution in [-0.2, 0) is 10.0 Å². The molecule has 3 aromatic rings. The summed E-state index contributed by atoms with van der Waals surface area (Å²) in [5, 5.41) is 11.8. The highest BCUT2D eigenvalue weighted by atomic mass is 32.2. The monoisotopic (exact) mass is 518 g/mol. The quantitative estimate of drug-likeness (QED) is 0.482. The zero-order chi connectivity index (χ0) is 26.0. The summed E-state index contributed by atoms with van der Waals surface area (Å²) in [5.74, 6) is -1.74. The van der Waals surface area contributed by atoms with Gasteiger partial charge >= 0.3 is 12.6 Å². The number of nitrogens with one attached hydrogen (secondary N) is 1. The molecule has 0 radical (unpaired) electrons. The number of rotatable bonds is 7. The predicted octanol–water partition coefficient (Wildman–Crippen LogP) is 4.13. The number of benzene rings is 3. The number of halogens is 2. The maximum absolute atomic E-state index is 13.4. The Bertz CT molecular complexity index is 1440. The molecular weight excluding hydrogens is 498 g/mol. The van der Waals surface area contributed by atoms with E-state index < -0.39 is 28.5 Å². The summed E-state index contributed by atoms with van der Waals surface area (Å²) in [7, 11) is -4.21. The van der Waals surface area contributed by atoms with Crippen molar-refractivity contribution in [3.63, 3.8) is 0 Å². The molecule has 0 saturated heterocycles. The van der Waals surface area contributed by atoms with Gasteiger partial charge in [-0.3, -0.25) is 9.10 Å². The van der Waals surface area contributed by atoms with Crippen LogP contribution in [0, 0.1) is 6.92 Å². The number of aromatic carboxylic acids is 1. The Morgan fingerprint density at radius 2 is 1.83 bits per heavy atom. The number of hydrogen-bond acceptors (Lipinski definition) is 6. The first-order valence-corrected chi connectivity index (χ1v) is 12.0. The minimum absolute atomic E-state index is 0.0418. The third-order valence-electron chi connectivity index (χ3n) is 5.38. The first kappa shape index (κ1) is 24.9. The number of fused-ring (bicyclic) bond motifs is 1. The van der Waals surface area contributed by atoms with Crippen LogP contribution in [0.4, 0.5) is 20.2 Å². The van der Waals surface area contributed by atoms with Crippen LogP contribution in [0.15, 0.2) is 65.6 Å². The Morgan fingerprint density at radius 3 is 2.53 bits per heavy atom. The van der Waals surface area contributed by atoms with Gasteiger partial charge in [-0.15, -0.1) is 0 Å². The van der Waals surface area contributed by atoms with Crippen molar-refractivity contribution < 1.29 is 41.4 Å². The molecule has 0 atom stereocenters. The van der Waals surface area contributed by atoms with E-state index in [0.717, 1.165) is 10.4 Å². The Labute approximate surface area is 204 Å². The normalized spacial score (nSPS) is 13.1. The molecule has 0 saturated carbocycles. The molecule has 0 unspecified atom stereocenters. The van der Waals surface area contributed by atoms with Gasteiger partial charge in [0.05, 0.1) is 22.7 Å². The predicted molar refractivity (Wildman–Crippen MR) is 126 cm³/mol. The van der Waals surface area contributed by atoms with Crippen molar-refractivity contribution in [3.8, 4) is 11.5 Å². The minimum atomic E-state index is -4.21. The number of carbonyl (C=O) groups excluding carboxylic acids is 1. The molecule has 0 spiro atoms. The van der Waals surface area contributed by atoms with Crippen LogP contribution in [0.3, 0.4) is 0 Å². The molecule has 12 heteroatoms. The van der Waals surface area contributed by atoms with Crippen LogP contribution in [0.2, 0.25) is 0 Å². The maximum Gasteiger partial charge on any atom is 0.387 e. The van der Waals surface area contributed by atoms with E-state index in [1.165, 1.54) is 54.6 Å². The van der Waals surface area contributed by atoms with Crippen LogP contribution in [0.25, 0.3) is 0 Å². The van der Waals surface area contributed by atoms with Crippen molar-refractivity contribution >= 4 is 33.3 Å². The summed E-state index contributed by atoms with van der Waals surface area (Å²) < 4.78 is 62.8. The maximum atomic E-state index is 13.4. The molecule has 188 valence electrons. The first-order valence-electron chi connectivity index (χ1n) is 10.6. The molecule has 1 aliphatic heterocycles. The van der Waals surface area contributed by atoms with Gasteiger partial charge in [-0.25, -0.2) is 13.2 Å². The molecule has 2 N–H and O–H groups in total. The number of aryl methyl sites for hydroxylation is 1. The van der Waals surface area contributed by atoms with E-state index in [0.29, 0.717) is 11.3 Å². The molecule has 0 bridgehead atoms. The Hall–Kier alpha value is -4.19. The number of ether oxygens (including phenoxy) is 2. The van der Waals surface area contributed by atoms with Crippen LogP contribution in [-0.4, -0.2) is 45.2 Å². The summed E-state index contributed by atoms with van der Waals surface area (Å²) in [6.07, 6.45) is 0. The van der Waals surface area contributed by atoms with Crippen LogP contribution < -0.4 is 19.1 Å². The van der Waals surface area contributed by atoms with Crippen molar-refractivity contribution in [1.82, 2.24) is 0 Å². The number of alkyl halides is 2. The minimum Gasteiger partial charge on any atom is -0.489 e. The van der Waals surface area contributed by atoms with E-state index in [-0.39, 0.29) is 46.4 Å². The summed E-state index contributed by atoms with van der Waals surface area (Å²) in [6, 6.07) is 13.3. The van der Waals surface area contributed by atoms with Gasteiger partial charge in [0, 0.05) is 17.3 Å². The molecule has 1 aliphatic rings. The van der Waals surface area contributed by atoms with E-state index in [4.69, 9.17) is 9.84 Å². The van der Waals surface area contributed by atoms with Gasteiger partial charge in [0.2, 0.25) is 0 Å². The highest BCUT2D eigenvalue weighted by Gasteiger charge is 2.31. The van der Waals surface area contributed by atoms with Crippen LogP contribution in [0.5, 0.6) is 11.5 Å². The molecule has 3 aromatic carbocycles. The fourth-order valence-corrected chi connectivity index (χ4v) is 5.14. The molecule has 9 nitrogen and oxygen atoms in total. The molecule has 0 aliphatic carbocycles. The second-order valence-corrected chi connectivity index (χ2v) is 9.61. The highest BCUT2D eigenvalue weighted by Crippen LogP contribution is 2.37. The van der Waals surface area contributed by atoms with Gasteiger partial charge in [-0.2, -0.15) is 8.78 Å². The SMILES string of the molecule is Cc1cc(C(=O)O)ccc1NC(=O)c1ccc2c(c1)N(S(=O)(=O)c1cccc(OC(F)F)c1)CCO2. The summed E-state index contributed by atoms with van der Waals surface area (Å²) in [5.41, 5.74) is 1.21. The molecule has 4 rings (SSSR count). The molecule has 0 aromatic heterocycles. The van der Waals surface area contributed by atoms with Crippen molar-refractivity contribution in [2.24, 2.45) is 0 Å². The number of nitrogens with zero attached hydrogens (tertiary/aromatic N) is 1. The average molecular weight is 518 g/mol. The molecule has 0 fully saturated rings. The van der Waals surface area contributed by atoms with Crippen LogP contribution >= 0.6 is 0 Å². The largest absolute Gasteiger partial charge is 0.489 e. The number of carboxylic acid groups (broad SMARTS) is 1. The lowest BCUT2D eigenvalue weighted by molar-refractivity contribution is -0.0500. The first-order chi connectivity index (χ1) is 17.1. The lowest BCUT2D eigenvalue weighted by atomic mass is 10.1. The van der Waals surface area contributed by atoms with Crippen LogP contribution in [0.1, 0.15) is 26.3 Å². The average Bonchev–Trinajstić information content (AvgIpc) is 2.84. The standard InChI is InChI=1S/C24H20F2N2O7S/c1-14-11-16(23(30)31)5-7-19(14)27-22(29)15-6-8-21-20(12-15)28(9-10-34-21)36(32,33)18-4-2-3-17(13-18)35-24(25)26/h2-8,11-13,24H,9-10H2,1H3,(H,27,29)(H,30,31). The van der Waals surface area contributed by atoms with E-state index in [9.17, 15) is 26.8 Å². The van der Waals surface area contributed by atoms with Crippen molar-refractivity contribution in [3.05, 3.63) is 77.4 Å². The second-order valence-electron chi connectivity index (χ2n) is 7.75. The van der Waals surface area contributed by atoms with E-state index in [2.05, 4.69) is 10.1 Å². The fraction of sp³-hybridized carbons (Fsp3) is 0.167. The Morgan fingerprint density at radius 1 is 1.08 bits per heavy atom. The smallest absolute Gasteiger partial charge is 0.387 e. The Kier molecular flexibility index (Phi) is 6.80. The van der Waals surface area contributed by atoms with Gasteiger partial charge < -0.3 is 19.9 Å². The van der Waals surface area contributed by atoms with E-state index >= 15 is 0 Å². The second kappa shape index (κ2) is 9.82. The zero-order valence-electron chi connectivity index (χ0n) is 18.8. The van der Waals surface area contributed by atoms with Gasteiger partial charge in [0.15, 0.2) is 0 Å². The van der Waals surface area contributed by atoms with Gasteiger partial charge in [-0.05, 0) is 61.0 Å². The molecular formula is C24H20F2N2O7S. The van der Waals surface area contributed by atoms with Gasteiger partial charge in [0.25, 0.3) is 15.9 Å². The fourth-order valence-electron chi connectivity index (χ4n) is 3.65. The van der Waals surface area contributed by atoms with E-state index in [1.54, 1.807) is 6.92 Å². The topological polar surface area (TPSA) is 122 Å². The van der Waals surface area contributed by atoms with Crippen molar-refractivity contribution in [2.45, 2.75) is 18.4 Å². The summed E-state index contributed by atoms with van der Waals surface area (Å²) in [4.78, 5) is 23.8. The number of carboxylic acids is 1. The molecule has 1 heterocycles. The summed E-state index contributed by atoms with van der Waals surface area (Å²) >= 11 is 0. The lowest BCUT2D eigenvalue weighted by Gasteiger charge is -2.31. The third kappa shape index (κ3) is 5.08. The van der Waals surface area contributed by atoms with Crippen molar-refractivity contribution in [2.75, 3.05) is 22.8 Å². The third-order valence-corrected chi connectivity index (χ3v) is 7.19. The highest BCUT2D eigenvalue weighted by molar-refractivity contribution is 7.92. The number of sulfonamides is 1. The summed E-state index contributed by atoms with van der Waals surface area (Å²) in [6.45, 7) is -1.50. The number of hydrogen-bond donors (Lipinski definition) is 2. The van der Waals surface area contributed by atoms with E-state index in [1.807, 2.05) is 0 Å². The van der Waals surface area contributed by atoms with Crippen molar-refractivity contribution in [1.29, 1.82) is 0 Å². The number of amides is 1. The van der Waals surface area contributed by atoms with Gasteiger partial charge in [0.1, 0.15) is 18.1 Å². The number of carbonyl (C=O) groups is 2.